The number of halogens is 3. The molecule has 0 aromatic carbocycles. The first-order chi connectivity index (χ1) is 7.41. The number of alkyl halides is 3. The molecule has 0 aliphatic heterocycles. The van der Waals surface area contributed by atoms with E-state index in [0.717, 1.165) is 25.0 Å². The zero-order valence-electron chi connectivity index (χ0n) is 9.43. The number of hydrogen-bond acceptors (Lipinski definition) is 1. The lowest BCUT2D eigenvalue weighted by atomic mass is 9.95. The smallest absolute Gasteiger partial charge is 0.266 e. The second kappa shape index (κ2) is 3.99. The Morgan fingerprint density at radius 2 is 1.94 bits per heavy atom. The fraction of sp³-hybridized carbons (Fsp3) is 0.727. The highest BCUT2D eigenvalue weighted by Gasteiger charge is 2.37. The third kappa shape index (κ3) is 1.95. The second-order valence-electron chi connectivity index (χ2n) is 4.52. The molecule has 0 saturated carbocycles. The van der Waals surface area contributed by atoms with Gasteiger partial charge in [0, 0.05) is 17.3 Å². The minimum Gasteiger partial charge on any atom is -0.266 e. The van der Waals surface area contributed by atoms with E-state index in [9.17, 15) is 8.78 Å². The predicted molar refractivity (Wildman–Crippen MR) is 59.0 cm³/mol. The molecule has 0 spiro atoms. The van der Waals surface area contributed by atoms with Gasteiger partial charge in [-0.15, -0.1) is 0 Å². The van der Waals surface area contributed by atoms with Crippen LogP contribution in [0.5, 0.6) is 0 Å². The van der Waals surface area contributed by atoms with E-state index in [2.05, 4.69) is 5.10 Å². The lowest BCUT2D eigenvalue weighted by molar-refractivity contribution is 0.0878. The van der Waals surface area contributed by atoms with Crippen molar-refractivity contribution in [2.75, 3.05) is 0 Å². The first-order valence-corrected chi connectivity index (χ1v) is 5.96. The molecular formula is C11H15ClF2N2. The molecule has 0 bridgehead atoms. The van der Waals surface area contributed by atoms with Gasteiger partial charge in [0.1, 0.15) is 0 Å². The summed E-state index contributed by atoms with van der Waals surface area (Å²) in [6.07, 6.45) is 3.47. The fourth-order valence-corrected chi connectivity index (χ4v) is 2.43. The summed E-state index contributed by atoms with van der Waals surface area (Å²) in [5.41, 5.74) is 1.37. The van der Waals surface area contributed by atoms with Gasteiger partial charge in [-0.05, 0) is 51.1 Å². The highest BCUT2D eigenvalue weighted by molar-refractivity contribution is 6.21. The van der Waals surface area contributed by atoms with Gasteiger partial charge in [0.15, 0.2) is 5.69 Å². The molecule has 1 heterocycles. The number of rotatable bonds is 2. The van der Waals surface area contributed by atoms with Gasteiger partial charge < -0.3 is 0 Å². The van der Waals surface area contributed by atoms with E-state index in [1.54, 1.807) is 4.68 Å². The van der Waals surface area contributed by atoms with E-state index in [1.807, 2.05) is 13.8 Å². The Bertz CT molecular complexity index is 393. The number of nitrogens with zero attached hydrogens (tertiary/aromatic N) is 2. The normalized spacial score (nSPS) is 16.6. The van der Waals surface area contributed by atoms with Crippen LogP contribution in [0.15, 0.2) is 0 Å². The summed E-state index contributed by atoms with van der Waals surface area (Å²) in [4.78, 5) is 0. The number of fused-ring (bicyclic) bond motifs is 1. The summed E-state index contributed by atoms with van der Waals surface area (Å²) in [6.45, 7) is 3.88. The molecule has 0 atom stereocenters. The van der Waals surface area contributed by atoms with E-state index in [-0.39, 0.29) is 11.7 Å². The standard InChI is InChI=1S/C11H15ClF2N2/c1-7(2)16-9-6-4-3-5-8(9)10(15-16)11(12,13)14/h7H,3-6H2,1-2H3. The molecule has 1 aliphatic carbocycles. The monoisotopic (exact) mass is 248 g/mol. The van der Waals surface area contributed by atoms with Gasteiger partial charge in [-0.2, -0.15) is 13.9 Å². The van der Waals surface area contributed by atoms with Gasteiger partial charge in [-0.25, -0.2) is 0 Å². The summed E-state index contributed by atoms with van der Waals surface area (Å²) >= 11 is 5.10. The van der Waals surface area contributed by atoms with Crippen molar-refractivity contribution in [2.24, 2.45) is 0 Å². The van der Waals surface area contributed by atoms with Crippen LogP contribution in [0.4, 0.5) is 8.78 Å². The van der Waals surface area contributed by atoms with Gasteiger partial charge in [0.25, 0.3) is 0 Å². The van der Waals surface area contributed by atoms with Crippen molar-refractivity contribution in [3.63, 3.8) is 0 Å². The van der Waals surface area contributed by atoms with Crippen LogP contribution in [0, 0.1) is 0 Å². The van der Waals surface area contributed by atoms with Crippen LogP contribution in [-0.4, -0.2) is 9.78 Å². The summed E-state index contributed by atoms with van der Waals surface area (Å²) in [5, 5.41) is 0.652. The van der Waals surface area contributed by atoms with Crippen LogP contribution in [0.1, 0.15) is 49.7 Å². The molecule has 1 aromatic heterocycles. The molecule has 1 aliphatic rings. The maximum atomic E-state index is 13.2. The average Bonchev–Trinajstić information content (AvgIpc) is 2.56. The average molecular weight is 249 g/mol. The fourth-order valence-electron chi connectivity index (χ4n) is 2.28. The number of hydrogen-bond donors (Lipinski definition) is 0. The topological polar surface area (TPSA) is 17.8 Å². The number of aromatic nitrogens is 2. The Labute approximate surface area is 98.6 Å². The van der Waals surface area contributed by atoms with E-state index in [4.69, 9.17) is 11.6 Å². The van der Waals surface area contributed by atoms with Crippen LogP contribution < -0.4 is 0 Å². The highest BCUT2D eigenvalue weighted by Crippen LogP contribution is 2.38. The van der Waals surface area contributed by atoms with Gasteiger partial charge in [-0.1, -0.05) is 0 Å². The molecule has 0 radical (unpaired) electrons. The molecule has 0 saturated heterocycles. The van der Waals surface area contributed by atoms with Crippen LogP contribution in [0.25, 0.3) is 0 Å². The largest absolute Gasteiger partial charge is 0.366 e. The Hall–Kier alpha value is -0.640. The summed E-state index contributed by atoms with van der Waals surface area (Å²) in [7, 11) is 0. The van der Waals surface area contributed by atoms with Crippen LogP contribution in [-0.2, 0) is 18.2 Å². The molecule has 0 amide bonds. The third-order valence-electron chi connectivity index (χ3n) is 2.97. The van der Waals surface area contributed by atoms with Gasteiger partial charge in [-0.3, -0.25) is 4.68 Å². The zero-order valence-corrected chi connectivity index (χ0v) is 10.2. The minimum atomic E-state index is -3.35. The first-order valence-electron chi connectivity index (χ1n) is 5.58. The van der Waals surface area contributed by atoms with Gasteiger partial charge in [0.05, 0.1) is 0 Å². The summed E-state index contributed by atoms with van der Waals surface area (Å²) < 4.78 is 28.1. The molecule has 0 unspecified atom stereocenters. The Balaban J connectivity index is 2.55. The molecule has 2 nitrogen and oxygen atoms in total. The molecule has 90 valence electrons. The van der Waals surface area contributed by atoms with Gasteiger partial charge >= 0.3 is 5.38 Å². The second-order valence-corrected chi connectivity index (χ2v) is 4.99. The zero-order chi connectivity index (χ0) is 11.9. The van der Waals surface area contributed by atoms with Crippen molar-refractivity contribution in [3.05, 3.63) is 17.0 Å². The summed E-state index contributed by atoms with van der Waals surface area (Å²) in [6, 6.07) is 0.0969. The maximum Gasteiger partial charge on any atom is 0.366 e. The SMILES string of the molecule is CC(C)n1nc(C(F)(F)Cl)c2c1CCCC2. The molecule has 2 rings (SSSR count). The molecule has 16 heavy (non-hydrogen) atoms. The quantitative estimate of drug-likeness (QED) is 0.731. The Kier molecular flexibility index (Phi) is 2.95. The van der Waals surface area contributed by atoms with Crippen molar-refractivity contribution in [1.29, 1.82) is 0 Å². The van der Waals surface area contributed by atoms with Crippen molar-refractivity contribution < 1.29 is 8.78 Å². The molecule has 0 N–H and O–H groups in total. The lowest BCUT2D eigenvalue weighted by Crippen LogP contribution is -2.11. The molecule has 5 heteroatoms. The maximum absolute atomic E-state index is 13.2. The predicted octanol–water partition coefficient (Wildman–Crippen LogP) is 3.63. The van der Waals surface area contributed by atoms with Crippen molar-refractivity contribution in [2.45, 2.75) is 51.0 Å². The highest BCUT2D eigenvalue weighted by atomic mass is 35.5. The van der Waals surface area contributed by atoms with Crippen LogP contribution in [0.2, 0.25) is 0 Å². The molecular weight excluding hydrogens is 234 g/mol. The molecule has 0 fully saturated rings. The van der Waals surface area contributed by atoms with Crippen LogP contribution >= 0.6 is 11.6 Å². The van der Waals surface area contributed by atoms with Crippen molar-refractivity contribution in [1.82, 2.24) is 9.78 Å². The first kappa shape index (κ1) is 11.8. The minimum absolute atomic E-state index is 0.0969. The van der Waals surface area contributed by atoms with Gasteiger partial charge in [0.2, 0.25) is 0 Å². The Morgan fingerprint density at radius 1 is 1.31 bits per heavy atom. The summed E-state index contributed by atoms with van der Waals surface area (Å²) in [5.74, 6) is 0. The third-order valence-corrected chi connectivity index (χ3v) is 3.15. The lowest BCUT2D eigenvalue weighted by Gasteiger charge is -2.16. The Morgan fingerprint density at radius 3 is 2.50 bits per heavy atom. The van der Waals surface area contributed by atoms with Crippen molar-refractivity contribution in [3.8, 4) is 0 Å². The van der Waals surface area contributed by atoms with E-state index >= 15 is 0 Å². The van der Waals surface area contributed by atoms with E-state index in [1.165, 1.54) is 0 Å². The molecule has 1 aromatic rings. The van der Waals surface area contributed by atoms with Crippen molar-refractivity contribution >= 4 is 11.6 Å². The van der Waals surface area contributed by atoms with E-state index in [0.29, 0.717) is 12.0 Å². The van der Waals surface area contributed by atoms with E-state index < -0.39 is 5.38 Å². The van der Waals surface area contributed by atoms with Crippen LogP contribution in [0.3, 0.4) is 0 Å².